The number of halogens is 2. The van der Waals surface area contributed by atoms with Crippen LogP contribution in [-0.2, 0) is 0 Å². The molecule has 92 valence electrons. The summed E-state index contributed by atoms with van der Waals surface area (Å²) < 4.78 is 2.70. The Bertz CT molecular complexity index is 672. The predicted molar refractivity (Wildman–Crippen MR) is 80.2 cm³/mol. The van der Waals surface area contributed by atoms with Gasteiger partial charge in [-0.15, -0.1) is 0 Å². The smallest absolute Gasteiger partial charge is 0.187 e. The third kappa shape index (κ3) is 2.15. The van der Waals surface area contributed by atoms with E-state index in [0.717, 1.165) is 0 Å². The number of thiophene rings is 1. The molecule has 1 heterocycles. The molecule has 0 saturated heterocycles. The van der Waals surface area contributed by atoms with Crippen molar-refractivity contribution in [1.82, 2.24) is 0 Å². The summed E-state index contributed by atoms with van der Waals surface area (Å²) in [6, 6.07) is 19.4. The number of rotatable bonds is 1. The molecule has 0 fully saturated rings. The Morgan fingerprint density at radius 1 is 0.889 bits per heavy atom. The van der Waals surface area contributed by atoms with Crippen LogP contribution in [0.15, 0.2) is 59.1 Å². The Balaban J connectivity index is 0.00000120. The molecule has 0 amide bonds. The van der Waals surface area contributed by atoms with Gasteiger partial charge in [-0.2, -0.15) is 0 Å². The van der Waals surface area contributed by atoms with Gasteiger partial charge in [0.2, 0.25) is 0 Å². The third-order valence-electron chi connectivity index (χ3n) is 2.94. The van der Waals surface area contributed by atoms with Crippen molar-refractivity contribution in [3.63, 3.8) is 0 Å². The molecular formula is C15H12Br2S. The van der Waals surface area contributed by atoms with Crippen LogP contribution in [0.5, 0.6) is 0 Å². The van der Waals surface area contributed by atoms with Gasteiger partial charge in [-0.1, -0.05) is 30.3 Å². The molecular weight excluding hydrogens is 372 g/mol. The summed E-state index contributed by atoms with van der Waals surface area (Å²) >= 11 is 3.73. The normalized spacial score (nSPS) is 11.3. The third-order valence-corrected chi connectivity index (χ3v) is 6.58. The summed E-state index contributed by atoms with van der Waals surface area (Å²) in [4.78, 5) is 2.82. The number of hydrogen-bond donors (Lipinski definition) is 0. The van der Waals surface area contributed by atoms with E-state index in [-0.39, 0.29) is 27.5 Å². The first-order chi connectivity index (χ1) is 8.29. The van der Waals surface area contributed by atoms with Crippen LogP contribution in [-0.4, -0.2) is 0 Å². The van der Waals surface area contributed by atoms with Crippen molar-refractivity contribution >= 4 is 36.5 Å². The summed E-state index contributed by atoms with van der Waals surface area (Å²) in [6.07, 6.45) is 0. The molecule has 0 spiro atoms. The second-order valence-corrected chi connectivity index (χ2v) is 6.91. The van der Waals surface area contributed by atoms with E-state index >= 15 is 0 Å². The van der Waals surface area contributed by atoms with Gasteiger partial charge in [0.15, 0.2) is 14.5 Å². The van der Waals surface area contributed by atoms with Crippen molar-refractivity contribution in [2.75, 3.05) is 0 Å². The van der Waals surface area contributed by atoms with Crippen LogP contribution in [0.2, 0.25) is 0 Å². The minimum Gasteiger partial charge on any atom is -1.00 e. The average Bonchev–Trinajstić information content (AvgIpc) is 2.64. The zero-order valence-corrected chi connectivity index (χ0v) is 13.8. The lowest BCUT2D eigenvalue weighted by atomic mass is 10.2. The van der Waals surface area contributed by atoms with Crippen LogP contribution >= 0.6 is 26.4 Å². The van der Waals surface area contributed by atoms with Crippen molar-refractivity contribution in [1.29, 1.82) is 0 Å². The van der Waals surface area contributed by atoms with E-state index in [1.54, 1.807) is 0 Å². The zero-order valence-electron chi connectivity index (χ0n) is 9.86. The Morgan fingerprint density at radius 2 is 1.50 bits per heavy atom. The molecule has 0 radical (unpaired) electrons. The molecule has 0 aliphatic rings. The lowest BCUT2D eigenvalue weighted by Crippen LogP contribution is -3.00. The summed E-state index contributed by atoms with van der Waals surface area (Å²) in [5, 5.41) is 1.34. The molecule has 1 unspecified atom stereocenters. The summed E-state index contributed by atoms with van der Waals surface area (Å²) in [7, 11) is 0.0923. The Kier molecular flexibility index (Phi) is 4.25. The highest BCUT2D eigenvalue weighted by molar-refractivity contribution is 9.10. The van der Waals surface area contributed by atoms with Gasteiger partial charge in [-0.3, -0.25) is 0 Å². The molecule has 18 heavy (non-hydrogen) atoms. The quantitative estimate of drug-likeness (QED) is 0.566. The molecule has 1 atom stereocenters. The maximum atomic E-state index is 3.73. The highest BCUT2D eigenvalue weighted by Crippen LogP contribution is 2.48. The topological polar surface area (TPSA) is 0 Å². The van der Waals surface area contributed by atoms with E-state index < -0.39 is 0 Å². The molecule has 3 aromatic rings. The van der Waals surface area contributed by atoms with E-state index in [0.29, 0.717) is 0 Å². The lowest BCUT2D eigenvalue weighted by molar-refractivity contribution is -0.00000314. The first kappa shape index (κ1) is 13.8. The van der Waals surface area contributed by atoms with Gasteiger partial charge < -0.3 is 17.0 Å². The monoisotopic (exact) mass is 382 g/mol. The maximum absolute atomic E-state index is 3.73. The molecule has 0 aliphatic carbocycles. The fraction of sp³-hybridized carbons (Fsp3) is 0.0667. The second kappa shape index (κ2) is 5.55. The largest absolute Gasteiger partial charge is 1.00 e. The SMILES string of the molecule is Cc1c(Br)c2ccccc2[s+]1-c1ccccc1.[Br-]. The van der Waals surface area contributed by atoms with Gasteiger partial charge in [0.05, 0.1) is 9.86 Å². The van der Waals surface area contributed by atoms with Crippen molar-refractivity contribution in [2.24, 2.45) is 0 Å². The summed E-state index contributed by atoms with van der Waals surface area (Å²) in [6.45, 7) is 2.22. The Morgan fingerprint density at radius 3 is 2.22 bits per heavy atom. The first-order valence-corrected chi connectivity index (χ1v) is 7.56. The lowest BCUT2D eigenvalue weighted by Gasteiger charge is -1.92. The number of benzene rings is 2. The predicted octanol–water partition coefficient (Wildman–Crippen LogP) is 2.65. The minimum absolute atomic E-state index is 0. The van der Waals surface area contributed by atoms with Crippen LogP contribution in [0.1, 0.15) is 4.88 Å². The second-order valence-electron chi connectivity index (χ2n) is 3.99. The average molecular weight is 384 g/mol. The molecule has 0 bridgehead atoms. The standard InChI is InChI=1S/C15H12BrS.BrH/c1-11-15(16)13-9-5-6-10-14(13)17(11)12-7-3-2-4-8-12;/h2-10H,1H3;1H/q+1;/p-1. The fourth-order valence-corrected chi connectivity index (χ4v) is 5.35. The van der Waals surface area contributed by atoms with Crippen molar-refractivity contribution in [2.45, 2.75) is 6.92 Å². The van der Waals surface area contributed by atoms with Crippen molar-refractivity contribution in [3.8, 4) is 4.90 Å². The Labute approximate surface area is 129 Å². The van der Waals surface area contributed by atoms with Crippen molar-refractivity contribution < 1.29 is 17.0 Å². The van der Waals surface area contributed by atoms with E-state index in [2.05, 4.69) is 77.5 Å². The van der Waals surface area contributed by atoms with Gasteiger partial charge >= 0.3 is 0 Å². The molecule has 1 aromatic heterocycles. The Hall–Kier alpha value is -0.640. The van der Waals surface area contributed by atoms with Gasteiger partial charge in [-0.25, -0.2) is 0 Å². The van der Waals surface area contributed by atoms with Crippen LogP contribution in [0, 0.1) is 6.92 Å². The minimum atomic E-state index is 0. The highest BCUT2D eigenvalue weighted by Gasteiger charge is 2.24. The molecule has 3 rings (SSSR count). The number of fused-ring (bicyclic) bond motifs is 1. The van der Waals surface area contributed by atoms with Gasteiger partial charge in [0.1, 0.15) is 0 Å². The van der Waals surface area contributed by atoms with Gasteiger partial charge in [0.25, 0.3) is 0 Å². The summed E-state index contributed by atoms with van der Waals surface area (Å²) in [5.74, 6) is 0. The zero-order chi connectivity index (χ0) is 11.8. The molecule has 2 aromatic carbocycles. The van der Waals surface area contributed by atoms with Crippen LogP contribution < -0.4 is 17.0 Å². The van der Waals surface area contributed by atoms with Crippen LogP contribution in [0.3, 0.4) is 0 Å². The molecule has 0 nitrogen and oxygen atoms in total. The molecule has 0 N–H and O–H groups in total. The van der Waals surface area contributed by atoms with E-state index in [9.17, 15) is 0 Å². The molecule has 3 heteroatoms. The van der Waals surface area contributed by atoms with Crippen molar-refractivity contribution in [3.05, 3.63) is 63.9 Å². The first-order valence-electron chi connectivity index (χ1n) is 5.54. The van der Waals surface area contributed by atoms with E-state index in [1.165, 1.54) is 24.3 Å². The van der Waals surface area contributed by atoms with Gasteiger partial charge in [-0.05, 0) is 40.2 Å². The highest BCUT2D eigenvalue weighted by atomic mass is 79.9. The van der Waals surface area contributed by atoms with Crippen LogP contribution in [0.4, 0.5) is 0 Å². The van der Waals surface area contributed by atoms with E-state index in [4.69, 9.17) is 0 Å². The van der Waals surface area contributed by atoms with Gasteiger partial charge in [0, 0.05) is 17.4 Å². The van der Waals surface area contributed by atoms with Crippen LogP contribution in [0.25, 0.3) is 15.0 Å². The summed E-state index contributed by atoms with van der Waals surface area (Å²) in [5.41, 5.74) is 0. The molecule has 0 aliphatic heterocycles. The van der Waals surface area contributed by atoms with E-state index in [1.807, 2.05) is 0 Å². The maximum Gasteiger partial charge on any atom is 0.187 e. The number of hydrogen-bond acceptors (Lipinski definition) is 0. The fourth-order valence-electron chi connectivity index (χ4n) is 2.13. The molecule has 0 saturated carbocycles.